The van der Waals surface area contributed by atoms with Crippen LogP contribution in [-0.4, -0.2) is 40.9 Å². The Hall–Kier alpha value is -3.57. The van der Waals surface area contributed by atoms with Gasteiger partial charge in [-0.05, 0) is 34.9 Å². The molecule has 0 aromatic heterocycles. The van der Waals surface area contributed by atoms with Gasteiger partial charge in [-0.3, -0.25) is 9.59 Å². The first-order valence-electron chi connectivity index (χ1n) is 10.3. The van der Waals surface area contributed by atoms with Crippen molar-refractivity contribution in [3.63, 3.8) is 0 Å². The monoisotopic (exact) mass is 445 g/mol. The van der Waals surface area contributed by atoms with Crippen molar-refractivity contribution in [3.8, 4) is 0 Å². The molecule has 2 atom stereocenters. The molecule has 1 fully saturated rings. The first-order chi connectivity index (χ1) is 15.4. The lowest BCUT2D eigenvalue weighted by Crippen LogP contribution is -2.45. The fraction of sp³-hybridized carbons (Fsp3) is 0.154. The van der Waals surface area contributed by atoms with E-state index < -0.39 is 12.2 Å². The quantitative estimate of drug-likeness (QED) is 0.588. The highest BCUT2D eigenvalue weighted by atomic mass is 35.5. The van der Waals surface area contributed by atoms with Crippen LogP contribution in [-0.2, 0) is 11.2 Å². The van der Waals surface area contributed by atoms with Crippen molar-refractivity contribution in [1.29, 1.82) is 0 Å². The molecule has 1 heterocycles. The molecule has 0 saturated carbocycles. The lowest BCUT2D eigenvalue weighted by Gasteiger charge is -2.32. The molecule has 0 bridgehead atoms. The molecule has 5 nitrogen and oxygen atoms in total. The van der Waals surface area contributed by atoms with Crippen LogP contribution in [0.2, 0.25) is 5.02 Å². The number of amides is 2. The van der Waals surface area contributed by atoms with Crippen molar-refractivity contribution >= 4 is 34.7 Å². The topological polar surface area (TPSA) is 66.6 Å². The number of hydrogen-bond acceptors (Lipinski definition) is 3. The summed E-state index contributed by atoms with van der Waals surface area (Å²) in [5.41, 5.74) is 9.18. The number of carbonyl (C=O) groups is 2. The van der Waals surface area contributed by atoms with Crippen LogP contribution in [0.5, 0.6) is 0 Å². The third kappa shape index (κ3) is 3.99. The van der Waals surface area contributed by atoms with Gasteiger partial charge in [0.05, 0.1) is 5.56 Å². The fourth-order valence-electron chi connectivity index (χ4n) is 4.16. The van der Waals surface area contributed by atoms with Gasteiger partial charge in [0.25, 0.3) is 5.91 Å². The van der Waals surface area contributed by atoms with Gasteiger partial charge in [0.1, 0.15) is 12.2 Å². The maximum Gasteiger partial charge on any atom is 0.258 e. The molecule has 2 amide bonds. The van der Waals surface area contributed by atoms with Gasteiger partial charge in [-0.25, -0.2) is 0 Å². The molecule has 4 rings (SSSR count). The maximum absolute atomic E-state index is 13.8. The largest absolute Gasteiger partial charge is 0.398 e. The second-order valence-corrected chi connectivity index (χ2v) is 8.30. The van der Waals surface area contributed by atoms with E-state index in [-0.39, 0.29) is 17.4 Å². The minimum Gasteiger partial charge on any atom is -0.398 e. The molecular formula is C26H24ClN3O2. The van der Waals surface area contributed by atoms with Crippen molar-refractivity contribution in [2.75, 3.05) is 12.8 Å². The Morgan fingerprint density at radius 1 is 1.03 bits per heavy atom. The van der Waals surface area contributed by atoms with Crippen molar-refractivity contribution in [2.24, 2.45) is 0 Å². The third-order valence-electron chi connectivity index (χ3n) is 5.81. The highest BCUT2D eigenvalue weighted by molar-refractivity contribution is 6.31. The molecule has 1 aliphatic heterocycles. The van der Waals surface area contributed by atoms with Crippen LogP contribution < -0.4 is 5.73 Å². The molecule has 0 radical (unpaired) electrons. The highest BCUT2D eigenvalue weighted by Gasteiger charge is 2.48. The van der Waals surface area contributed by atoms with E-state index in [9.17, 15) is 9.59 Å². The van der Waals surface area contributed by atoms with Gasteiger partial charge in [-0.1, -0.05) is 78.8 Å². The van der Waals surface area contributed by atoms with Gasteiger partial charge >= 0.3 is 0 Å². The Morgan fingerprint density at radius 2 is 1.66 bits per heavy atom. The van der Waals surface area contributed by atoms with Gasteiger partial charge in [-0.15, -0.1) is 0 Å². The van der Waals surface area contributed by atoms with E-state index in [4.69, 9.17) is 17.3 Å². The van der Waals surface area contributed by atoms with Crippen LogP contribution in [0, 0.1) is 0 Å². The Balaban J connectivity index is 1.80. The SMILES string of the molecule is C=C(c1ccccc1)[C@@H]1N(C)C(=O)[C@H](Cc2ccccc2)N1C(=O)c1cc(Cl)ccc1N. The molecule has 1 aliphatic rings. The minimum absolute atomic E-state index is 0.148. The Morgan fingerprint density at radius 3 is 2.31 bits per heavy atom. The molecule has 1 saturated heterocycles. The van der Waals surface area contributed by atoms with Crippen LogP contribution in [0.3, 0.4) is 0 Å². The summed E-state index contributed by atoms with van der Waals surface area (Å²) < 4.78 is 0. The van der Waals surface area contributed by atoms with Crippen LogP contribution in [0.15, 0.2) is 85.4 Å². The Kier molecular flexibility index (Phi) is 6.01. The molecular weight excluding hydrogens is 422 g/mol. The van der Waals surface area contributed by atoms with Gasteiger partial charge < -0.3 is 15.5 Å². The molecule has 0 aliphatic carbocycles. The van der Waals surface area contributed by atoms with Crippen LogP contribution >= 0.6 is 11.6 Å². The second kappa shape index (κ2) is 8.89. The summed E-state index contributed by atoms with van der Waals surface area (Å²) >= 11 is 6.16. The number of rotatable bonds is 5. The third-order valence-corrected chi connectivity index (χ3v) is 6.04. The molecule has 162 valence electrons. The van der Waals surface area contributed by atoms with E-state index in [0.29, 0.717) is 22.7 Å². The predicted molar refractivity (Wildman–Crippen MR) is 128 cm³/mol. The van der Waals surface area contributed by atoms with E-state index in [1.54, 1.807) is 35.0 Å². The summed E-state index contributed by atoms with van der Waals surface area (Å²) in [6, 6.07) is 23.3. The van der Waals surface area contributed by atoms with E-state index in [1.165, 1.54) is 0 Å². The zero-order chi connectivity index (χ0) is 22.8. The molecule has 3 aromatic carbocycles. The zero-order valence-electron chi connectivity index (χ0n) is 17.7. The number of benzene rings is 3. The Labute approximate surface area is 192 Å². The second-order valence-electron chi connectivity index (χ2n) is 7.86. The van der Waals surface area contributed by atoms with E-state index >= 15 is 0 Å². The van der Waals surface area contributed by atoms with E-state index in [1.807, 2.05) is 60.7 Å². The molecule has 3 aromatic rings. The highest BCUT2D eigenvalue weighted by Crippen LogP contribution is 2.34. The van der Waals surface area contributed by atoms with Crippen molar-refractivity contribution < 1.29 is 9.59 Å². The van der Waals surface area contributed by atoms with Crippen molar-refractivity contribution in [1.82, 2.24) is 9.80 Å². The predicted octanol–water partition coefficient (Wildman–Crippen LogP) is 4.49. The van der Waals surface area contributed by atoms with Gasteiger partial charge in [0, 0.05) is 24.2 Å². The van der Waals surface area contributed by atoms with Gasteiger partial charge in [-0.2, -0.15) is 0 Å². The number of hydrogen-bond donors (Lipinski definition) is 1. The number of halogens is 1. The van der Waals surface area contributed by atoms with E-state index in [0.717, 1.165) is 11.1 Å². The summed E-state index contributed by atoms with van der Waals surface area (Å²) in [6.07, 6.45) is -0.265. The lowest BCUT2D eigenvalue weighted by atomic mass is 10.0. The molecule has 2 N–H and O–H groups in total. The molecule has 6 heteroatoms. The first-order valence-corrected chi connectivity index (χ1v) is 10.7. The number of nitrogen functional groups attached to an aromatic ring is 1. The first kappa shape index (κ1) is 21.7. The molecule has 32 heavy (non-hydrogen) atoms. The average Bonchev–Trinajstić information content (AvgIpc) is 3.06. The summed E-state index contributed by atoms with van der Waals surface area (Å²) in [5, 5.41) is 0.402. The number of nitrogens with zero attached hydrogens (tertiary/aromatic N) is 2. The number of anilines is 1. The summed E-state index contributed by atoms with van der Waals surface area (Å²) in [6.45, 7) is 4.25. The maximum atomic E-state index is 13.8. The van der Waals surface area contributed by atoms with Crippen LogP contribution in [0.1, 0.15) is 21.5 Å². The lowest BCUT2D eigenvalue weighted by molar-refractivity contribution is -0.128. The molecule has 0 unspecified atom stereocenters. The zero-order valence-corrected chi connectivity index (χ0v) is 18.5. The van der Waals surface area contributed by atoms with E-state index in [2.05, 4.69) is 6.58 Å². The molecule has 0 spiro atoms. The normalized spacial score (nSPS) is 18.1. The van der Waals surface area contributed by atoms with Crippen molar-refractivity contribution in [2.45, 2.75) is 18.6 Å². The number of likely N-dealkylation sites (N-methyl/N-ethyl adjacent to an activating group) is 1. The van der Waals surface area contributed by atoms with Crippen molar-refractivity contribution in [3.05, 3.63) is 107 Å². The van der Waals surface area contributed by atoms with Crippen LogP contribution in [0.25, 0.3) is 5.57 Å². The summed E-state index contributed by atoms with van der Waals surface area (Å²) in [4.78, 5) is 30.4. The Bertz CT molecular complexity index is 1160. The standard InChI is InChI=1S/C26H24ClN3O2/c1-17(19-11-7-4-8-12-19)24-29(2)26(32)23(15-18-9-5-3-6-10-18)30(24)25(31)21-16-20(27)13-14-22(21)28/h3-14,16,23-24H,1,15,28H2,2H3/t23-,24+/m0/s1. The van der Waals surface area contributed by atoms with Gasteiger partial charge in [0.2, 0.25) is 5.91 Å². The average molecular weight is 446 g/mol. The van der Waals surface area contributed by atoms with Gasteiger partial charge in [0.15, 0.2) is 0 Å². The smallest absolute Gasteiger partial charge is 0.258 e. The van der Waals surface area contributed by atoms with Crippen LogP contribution in [0.4, 0.5) is 5.69 Å². The number of nitrogens with two attached hydrogens (primary N) is 1. The number of carbonyl (C=O) groups excluding carboxylic acids is 2. The summed E-state index contributed by atoms with van der Waals surface area (Å²) in [7, 11) is 1.70. The fourth-order valence-corrected chi connectivity index (χ4v) is 4.34. The summed E-state index contributed by atoms with van der Waals surface area (Å²) in [5.74, 6) is -0.504. The minimum atomic E-state index is -0.696.